The number of nitrogens with one attached hydrogen (secondary N) is 1. The third-order valence-corrected chi connectivity index (χ3v) is 4.57. The molecule has 0 bridgehead atoms. The summed E-state index contributed by atoms with van der Waals surface area (Å²) in [5.74, 6) is -0.226. The molecule has 1 aromatic carbocycles. The Morgan fingerprint density at radius 1 is 1.36 bits per heavy atom. The zero-order valence-corrected chi connectivity index (χ0v) is 13.3. The Morgan fingerprint density at radius 3 is 2.91 bits per heavy atom. The highest BCUT2D eigenvalue weighted by molar-refractivity contribution is 7.80. The van der Waals surface area contributed by atoms with E-state index in [1.165, 1.54) is 11.3 Å². The summed E-state index contributed by atoms with van der Waals surface area (Å²) in [6.07, 6.45) is -0.734. The molecule has 5 nitrogen and oxygen atoms in total. The molecule has 114 valence electrons. The Kier molecular flexibility index (Phi) is 4.35. The molecule has 1 fully saturated rings. The summed E-state index contributed by atoms with van der Waals surface area (Å²) in [6.45, 7) is 0.705. The number of hydrogen-bond donors (Lipinski definition) is 2. The van der Waals surface area contributed by atoms with E-state index in [1.807, 2.05) is 23.6 Å². The molecule has 3 rings (SSSR count). The molecule has 1 aliphatic heterocycles. The number of hydrogen-bond acceptors (Lipinski definition) is 5. The van der Waals surface area contributed by atoms with E-state index in [4.69, 9.17) is 4.74 Å². The third kappa shape index (κ3) is 3.10. The van der Waals surface area contributed by atoms with Crippen molar-refractivity contribution in [3.63, 3.8) is 0 Å². The number of thiol groups is 1. The smallest absolute Gasteiger partial charge is 0.415 e. The van der Waals surface area contributed by atoms with Crippen LogP contribution in [0.2, 0.25) is 0 Å². The Morgan fingerprint density at radius 2 is 2.18 bits per heavy atom. The lowest BCUT2D eigenvalue weighted by Gasteiger charge is -2.11. The molecule has 2 amide bonds. The van der Waals surface area contributed by atoms with Crippen LogP contribution in [0.5, 0.6) is 0 Å². The van der Waals surface area contributed by atoms with Gasteiger partial charge >= 0.3 is 6.09 Å². The lowest BCUT2D eigenvalue weighted by molar-refractivity contribution is 0.0913. The van der Waals surface area contributed by atoms with Gasteiger partial charge in [0.2, 0.25) is 0 Å². The van der Waals surface area contributed by atoms with Crippen molar-refractivity contribution in [1.29, 1.82) is 0 Å². The van der Waals surface area contributed by atoms with Crippen LogP contribution in [0.4, 0.5) is 9.80 Å². The molecule has 1 atom stereocenters. The van der Waals surface area contributed by atoms with Crippen LogP contribution < -0.4 is 10.2 Å². The second kappa shape index (κ2) is 6.41. The average Bonchev–Trinajstić information content (AvgIpc) is 3.14. The van der Waals surface area contributed by atoms with Gasteiger partial charge in [-0.15, -0.1) is 24.0 Å². The first-order valence-electron chi connectivity index (χ1n) is 6.73. The van der Waals surface area contributed by atoms with E-state index in [1.54, 1.807) is 23.1 Å². The third-order valence-electron chi connectivity index (χ3n) is 3.29. The van der Waals surface area contributed by atoms with Crippen LogP contribution in [0.1, 0.15) is 10.4 Å². The van der Waals surface area contributed by atoms with Crippen molar-refractivity contribution >= 4 is 41.0 Å². The Bertz CT molecular complexity index is 688. The predicted molar refractivity (Wildman–Crippen MR) is 88.0 cm³/mol. The van der Waals surface area contributed by atoms with E-state index in [0.717, 1.165) is 5.00 Å². The van der Waals surface area contributed by atoms with Crippen molar-refractivity contribution in [1.82, 2.24) is 5.32 Å². The number of rotatable bonds is 4. The summed E-state index contributed by atoms with van der Waals surface area (Å²) < 4.78 is 5.27. The molecule has 0 spiro atoms. The van der Waals surface area contributed by atoms with Gasteiger partial charge in [0.15, 0.2) is 0 Å². The van der Waals surface area contributed by atoms with Crippen molar-refractivity contribution in [3.05, 3.63) is 47.3 Å². The normalized spacial score (nSPS) is 17.4. The van der Waals surface area contributed by atoms with Gasteiger partial charge < -0.3 is 10.1 Å². The van der Waals surface area contributed by atoms with E-state index >= 15 is 0 Å². The molecule has 22 heavy (non-hydrogen) atoms. The standard InChI is InChI=1S/C15H14N2O3S2/c18-14(11-4-1-2-5-12(11)21)16-8-10-9-17(15(19)20-10)13-6-3-7-22-13/h1-7,10,21H,8-9H2,(H,16,18). The summed E-state index contributed by atoms with van der Waals surface area (Å²) >= 11 is 5.73. The number of thiophene rings is 1. The quantitative estimate of drug-likeness (QED) is 0.845. The molecular weight excluding hydrogens is 320 g/mol. The van der Waals surface area contributed by atoms with E-state index in [0.29, 0.717) is 17.0 Å². The van der Waals surface area contributed by atoms with Gasteiger partial charge in [-0.3, -0.25) is 9.69 Å². The van der Waals surface area contributed by atoms with Crippen LogP contribution >= 0.6 is 24.0 Å². The molecule has 7 heteroatoms. The van der Waals surface area contributed by atoms with Crippen molar-refractivity contribution in [3.8, 4) is 0 Å². The van der Waals surface area contributed by atoms with Crippen molar-refractivity contribution in [2.75, 3.05) is 18.0 Å². The maximum atomic E-state index is 12.1. The summed E-state index contributed by atoms with van der Waals surface area (Å²) in [5.41, 5.74) is 0.505. The highest BCUT2D eigenvalue weighted by Crippen LogP contribution is 2.26. The zero-order valence-electron chi connectivity index (χ0n) is 11.6. The fourth-order valence-corrected chi connectivity index (χ4v) is 3.19. The lowest BCUT2D eigenvalue weighted by atomic mass is 10.2. The minimum absolute atomic E-state index is 0.226. The molecule has 1 saturated heterocycles. The van der Waals surface area contributed by atoms with Gasteiger partial charge in [-0.25, -0.2) is 4.79 Å². The largest absolute Gasteiger partial charge is 0.442 e. The summed E-state index contributed by atoms with van der Waals surface area (Å²) in [6, 6.07) is 10.8. The monoisotopic (exact) mass is 334 g/mol. The highest BCUT2D eigenvalue weighted by atomic mass is 32.1. The number of carbonyl (C=O) groups is 2. The van der Waals surface area contributed by atoms with Crippen LogP contribution in [0.15, 0.2) is 46.7 Å². The Balaban J connectivity index is 1.58. The molecule has 0 radical (unpaired) electrons. The summed E-state index contributed by atoms with van der Waals surface area (Å²) in [4.78, 5) is 26.1. The molecule has 1 N–H and O–H groups in total. The van der Waals surface area contributed by atoms with Crippen LogP contribution in [0.3, 0.4) is 0 Å². The molecule has 2 aromatic rings. The van der Waals surface area contributed by atoms with Crippen LogP contribution in [-0.4, -0.2) is 31.2 Å². The van der Waals surface area contributed by atoms with E-state index < -0.39 is 0 Å². The Labute approximate surface area is 137 Å². The molecule has 1 aromatic heterocycles. The number of nitrogens with zero attached hydrogens (tertiary/aromatic N) is 1. The van der Waals surface area contributed by atoms with Crippen LogP contribution in [0.25, 0.3) is 0 Å². The van der Waals surface area contributed by atoms with Crippen molar-refractivity contribution in [2.24, 2.45) is 0 Å². The first kappa shape index (κ1) is 14.9. The minimum atomic E-state index is -0.378. The molecule has 0 aliphatic carbocycles. The molecule has 1 unspecified atom stereocenters. The second-order valence-corrected chi connectivity index (χ2v) is 6.20. The minimum Gasteiger partial charge on any atom is -0.442 e. The van der Waals surface area contributed by atoms with Gasteiger partial charge in [-0.1, -0.05) is 12.1 Å². The topological polar surface area (TPSA) is 58.6 Å². The fourth-order valence-electron chi connectivity index (χ4n) is 2.20. The first-order chi connectivity index (χ1) is 10.6. The lowest BCUT2D eigenvalue weighted by Crippen LogP contribution is -2.34. The molecule has 2 heterocycles. The number of amides is 2. The van der Waals surface area contributed by atoms with Gasteiger partial charge in [-0.05, 0) is 29.6 Å². The van der Waals surface area contributed by atoms with Crippen LogP contribution in [-0.2, 0) is 4.74 Å². The maximum absolute atomic E-state index is 12.1. The van der Waals surface area contributed by atoms with Crippen LogP contribution in [0, 0.1) is 0 Å². The van der Waals surface area contributed by atoms with E-state index in [2.05, 4.69) is 17.9 Å². The number of benzene rings is 1. The zero-order chi connectivity index (χ0) is 15.5. The van der Waals surface area contributed by atoms with Gasteiger partial charge in [0.05, 0.1) is 18.7 Å². The van der Waals surface area contributed by atoms with Gasteiger partial charge in [0.25, 0.3) is 5.91 Å². The number of ether oxygens (including phenoxy) is 1. The second-order valence-electron chi connectivity index (χ2n) is 4.79. The fraction of sp³-hybridized carbons (Fsp3) is 0.200. The van der Waals surface area contributed by atoms with Gasteiger partial charge in [0.1, 0.15) is 11.1 Å². The SMILES string of the molecule is O=C(NCC1CN(c2cccs2)C(=O)O1)c1ccccc1S. The van der Waals surface area contributed by atoms with Gasteiger partial charge in [-0.2, -0.15) is 0 Å². The summed E-state index contributed by atoms with van der Waals surface area (Å²) in [7, 11) is 0. The Hall–Kier alpha value is -1.99. The predicted octanol–water partition coefficient (Wildman–Crippen LogP) is 2.79. The van der Waals surface area contributed by atoms with Gasteiger partial charge in [0, 0.05) is 4.90 Å². The van der Waals surface area contributed by atoms with Crippen molar-refractivity contribution in [2.45, 2.75) is 11.0 Å². The van der Waals surface area contributed by atoms with Crippen molar-refractivity contribution < 1.29 is 14.3 Å². The highest BCUT2D eigenvalue weighted by Gasteiger charge is 2.33. The molecule has 0 saturated carbocycles. The average molecular weight is 334 g/mol. The summed E-state index contributed by atoms with van der Waals surface area (Å²) in [5, 5.41) is 5.53. The molecule has 1 aliphatic rings. The molecular formula is C15H14N2O3S2. The number of cyclic esters (lactones) is 1. The van der Waals surface area contributed by atoms with E-state index in [-0.39, 0.29) is 24.6 Å². The first-order valence-corrected chi connectivity index (χ1v) is 8.05. The number of anilines is 1. The maximum Gasteiger partial charge on any atom is 0.415 e. The van der Waals surface area contributed by atoms with E-state index in [9.17, 15) is 9.59 Å². The number of carbonyl (C=O) groups excluding carboxylic acids is 2.